The van der Waals surface area contributed by atoms with Crippen LogP contribution >= 0.6 is 0 Å². The van der Waals surface area contributed by atoms with Gasteiger partial charge in [0.15, 0.2) is 0 Å². The van der Waals surface area contributed by atoms with Crippen molar-refractivity contribution in [3.63, 3.8) is 0 Å². The van der Waals surface area contributed by atoms with E-state index >= 15 is 0 Å². The molecule has 0 atom stereocenters. The van der Waals surface area contributed by atoms with Crippen LogP contribution in [0, 0.1) is 0 Å². The van der Waals surface area contributed by atoms with E-state index in [9.17, 15) is 14.4 Å². The Bertz CT molecular complexity index is 653. The van der Waals surface area contributed by atoms with Crippen molar-refractivity contribution in [2.75, 3.05) is 43.4 Å². The first-order valence-corrected chi connectivity index (χ1v) is 12.6. The fourth-order valence-corrected chi connectivity index (χ4v) is 3.97. The molecule has 6 nitrogen and oxygen atoms in total. The van der Waals surface area contributed by atoms with Crippen LogP contribution in [0.1, 0.15) is 97.3 Å². The summed E-state index contributed by atoms with van der Waals surface area (Å²) in [6.45, 7) is 8.79. The number of nitrogens with zero attached hydrogens (tertiary/aromatic N) is 1. The van der Waals surface area contributed by atoms with Gasteiger partial charge in [0.25, 0.3) is 10.9 Å². The Balaban J connectivity index is 2.31. The van der Waals surface area contributed by atoms with Crippen LogP contribution in [0.3, 0.4) is 0 Å². The third kappa shape index (κ3) is 11.5. The van der Waals surface area contributed by atoms with Crippen LogP contribution in [-0.4, -0.2) is 43.9 Å². The zero-order chi connectivity index (χ0) is 22.7. The molecule has 0 aromatic heterocycles. The molecule has 0 radical (unpaired) electrons. The van der Waals surface area contributed by atoms with E-state index in [2.05, 4.69) is 22.5 Å². The summed E-state index contributed by atoms with van der Waals surface area (Å²) in [4.78, 5) is 36.3. The molecule has 0 spiro atoms. The third-order valence-electron chi connectivity index (χ3n) is 5.84. The molecule has 1 rings (SSSR count). The van der Waals surface area contributed by atoms with E-state index in [1.165, 1.54) is 57.8 Å². The van der Waals surface area contributed by atoms with Crippen LogP contribution < -0.4 is 21.5 Å². The second-order valence-electron chi connectivity index (χ2n) is 8.55. The highest BCUT2D eigenvalue weighted by atomic mass is 16.2. The van der Waals surface area contributed by atoms with Crippen LogP contribution in [0.5, 0.6) is 0 Å². The summed E-state index contributed by atoms with van der Waals surface area (Å²) in [5.74, 6) is 0. The molecule has 0 saturated heterocycles. The van der Waals surface area contributed by atoms with Crippen molar-refractivity contribution in [3.05, 3.63) is 20.4 Å². The molecule has 1 aromatic carbocycles. The Hall–Kier alpha value is -1.69. The number of anilines is 2. The number of carbonyl (C=O) groups is 1. The summed E-state index contributed by atoms with van der Waals surface area (Å²) in [6.07, 6.45) is 16.3. The highest BCUT2D eigenvalue weighted by Crippen LogP contribution is 2.14. The van der Waals surface area contributed by atoms with Crippen LogP contribution in [0.2, 0.25) is 0 Å². The monoisotopic (exact) mass is 435 g/mol. The SMILES string of the molecule is CCCCCCCCN(CCCCCCCC=O)CCCNc1c(NCC)c(=O)c1=O. The molecule has 31 heavy (non-hydrogen) atoms. The van der Waals surface area contributed by atoms with Crippen molar-refractivity contribution >= 4 is 17.7 Å². The Morgan fingerprint density at radius 2 is 1.19 bits per heavy atom. The van der Waals surface area contributed by atoms with Gasteiger partial charge < -0.3 is 20.3 Å². The zero-order valence-electron chi connectivity index (χ0n) is 20.0. The van der Waals surface area contributed by atoms with Crippen LogP contribution in [-0.2, 0) is 4.79 Å². The van der Waals surface area contributed by atoms with Gasteiger partial charge >= 0.3 is 0 Å². The van der Waals surface area contributed by atoms with E-state index in [0.717, 1.165) is 45.2 Å². The van der Waals surface area contributed by atoms with Gasteiger partial charge in [-0.15, -0.1) is 0 Å². The van der Waals surface area contributed by atoms with Crippen molar-refractivity contribution in [2.45, 2.75) is 97.3 Å². The zero-order valence-corrected chi connectivity index (χ0v) is 20.0. The molecule has 178 valence electrons. The number of unbranched alkanes of at least 4 members (excludes halogenated alkanes) is 10. The van der Waals surface area contributed by atoms with Crippen molar-refractivity contribution in [3.8, 4) is 0 Å². The second-order valence-corrected chi connectivity index (χ2v) is 8.55. The van der Waals surface area contributed by atoms with E-state index in [1.807, 2.05) is 6.92 Å². The molecule has 0 heterocycles. The number of hydrogen-bond donors (Lipinski definition) is 2. The fourth-order valence-electron chi connectivity index (χ4n) is 3.97. The number of rotatable bonds is 22. The summed E-state index contributed by atoms with van der Waals surface area (Å²) in [7, 11) is 0. The standard InChI is InChI=1S/C25H45N3O3/c1-3-5-6-7-10-13-18-28(19-14-11-8-9-12-15-21-29)20-16-17-27-23-22(26-4-2)24(30)25(23)31/h21,26-27H,3-20H2,1-2H3. The quantitative estimate of drug-likeness (QED) is 0.156. The first-order valence-electron chi connectivity index (χ1n) is 12.6. The Morgan fingerprint density at radius 1 is 0.677 bits per heavy atom. The van der Waals surface area contributed by atoms with Crippen LogP contribution in [0.25, 0.3) is 0 Å². The Morgan fingerprint density at radius 3 is 1.77 bits per heavy atom. The molecule has 0 unspecified atom stereocenters. The molecule has 0 bridgehead atoms. The molecule has 1 aromatic rings. The smallest absolute Gasteiger partial charge is 0.253 e. The minimum Gasteiger partial charge on any atom is -0.380 e. The summed E-state index contributed by atoms with van der Waals surface area (Å²) < 4.78 is 0. The topological polar surface area (TPSA) is 78.5 Å². The lowest BCUT2D eigenvalue weighted by molar-refractivity contribution is -0.107. The molecule has 0 aliphatic rings. The highest BCUT2D eigenvalue weighted by Gasteiger charge is 2.19. The maximum Gasteiger partial charge on any atom is 0.253 e. The third-order valence-corrected chi connectivity index (χ3v) is 5.84. The van der Waals surface area contributed by atoms with Crippen molar-refractivity contribution in [1.82, 2.24) is 4.90 Å². The minimum atomic E-state index is -0.401. The molecular formula is C25H45N3O3. The van der Waals surface area contributed by atoms with Gasteiger partial charge in [-0.25, -0.2) is 0 Å². The van der Waals surface area contributed by atoms with E-state index in [-0.39, 0.29) is 0 Å². The first-order chi connectivity index (χ1) is 15.2. The summed E-state index contributed by atoms with van der Waals surface area (Å²) in [5, 5.41) is 6.15. The van der Waals surface area contributed by atoms with Crippen LogP contribution in [0.15, 0.2) is 9.59 Å². The van der Waals surface area contributed by atoms with Gasteiger partial charge in [0, 0.05) is 19.5 Å². The lowest BCUT2D eigenvalue weighted by atomic mass is 10.1. The van der Waals surface area contributed by atoms with Crippen molar-refractivity contribution in [1.29, 1.82) is 0 Å². The first kappa shape index (κ1) is 27.3. The molecular weight excluding hydrogens is 390 g/mol. The summed E-state index contributed by atoms with van der Waals surface area (Å²) in [6, 6.07) is 0. The Labute approximate surface area is 188 Å². The van der Waals surface area contributed by atoms with Gasteiger partial charge in [-0.3, -0.25) is 9.59 Å². The average Bonchev–Trinajstić information content (AvgIpc) is 2.78. The number of hydrogen-bond acceptors (Lipinski definition) is 6. The van der Waals surface area contributed by atoms with Crippen LogP contribution in [0.4, 0.5) is 11.4 Å². The largest absolute Gasteiger partial charge is 0.380 e. The summed E-state index contributed by atoms with van der Waals surface area (Å²) in [5.41, 5.74) is 0.118. The molecule has 0 amide bonds. The molecule has 0 aliphatic carbocycles. The van der Waals surface area contributed by atoms with E-state index < -0.39 is 10.9 Å². The van der Waals surface area contributed by atoms with E-state index in [4.69, 9.17) is 0 Å². The molecule has 6 heteroatoms. The maximum atomic E-state index is 11.8. The number of nitrogens with one attached hydrogen (secondary N) is 2. The van der Waals surface area contributed by atoms with Crippen molar-refractivity contribution in [2.24, 2.45) is 0 Å². The fraction of sp³-hybridized carbons (Fsp3) is 0.800. The predicted molar refractivity (Wildman–Crippen MR) is 132 cm³/mol. The molecule has 2 N–H and O–H groups in total. The predicted octanol–water partition coefficient (Wildman–Crippen LogP) is 4.72. The maximum absolute atomic E-state index is 11.8. The lowest BCUT2D eigenvalue weighted by Gasteiger charge is -2.23. The van der Waals surface area contributed by atoms with Gasteiger partial charge in [-0.1, -0.05) is 58.3 Å². The van der Waals surface area contributed by atoms with Gasteiger partial charge in [0.1, 0.15) is 17.7 Å². The van der Waals surface area contributed by atoms with Gasteiger partial charge in [0.05, 0.1) is 0 Å². The molecule has 0 saturated carbocycles. The normalized spacial score (nSPS) is 11.3. The van der Waals surface area contributed by atoms with Gasteiger partial charge in [-0.05, 0) is 52.2 Å². The summed E-state index contributed by atoms with van der Waals surface area (Å²) >= 11 is 0. The van der Waals surface area contributed by atoms with Gasteiger partial charge in [0.2, 0.25) is 0 Å². The van der Waals surface area contributed by atoms with E-state index in [1.54, 1.807) is 0 Å². The van der Waals surface area contributed by atoms with Gasteiger partial charge in [-0.2, -0.15) is 0 Å². The second kappa shape index (κ2) is 17.9. The lowest BCUT2D eigenvalue weighted by Crippen LogP contribution is -2.38. The highest BCUT2D eigenvalue weighted by molar-refractivity contribution is 5.73. The molecule has 0 aliphatic heterocycles. The number of aldehydes is 1. The Kier molecular flexibility index (Phi) is 15.8. The molecule has 0 fully saturated rings. The minimum absolute atomic E-state index is 0.394. The van der Waals surface area contributed by atoms with E-state index in [0.29, 0.717) is 30.9 Å². The number of carbonyl (C=O) groups excluding carboxylic acids is 1. The van der Waals surface area contributed by atoms with Crippen molar-refractivity contribution < 1.29 is 4.79 Å². The average molecular weight is 436 g/mol.